The molecule has 0 aliphatic rings. The zero-order chi connectivity index (χ0) is 10.4. The van der Waals surface area contributed by atoms with Crippen LogP contribution in [-0.2, 0) is 11.3 Å². The summed E-state index contributed by atoms with van der Waals surface area (Å²) in [5.74, 6) is 0.742. The van der Waals surface area contributed by atoms with Crippen LogP contribution in [0, 0.1) is 0 Å². The van der Waals surface area contributed by atoms with Crippen molar-refractivity contribution in [1.82, 2.24) is 9.97 Å². The first kappa shape index (κ1) is 11.1. The summed E-state index contributed by atoms with van der Waals surface area (Å²) in [7, 11) is 1.68. The van der Waals surface area contributed by atoms with E-state index in [1.165, 1.54) is 0 Å². The maximum atomic E-state index is 5.46. The van der Waals surface area contributed by atoms with Crippen LogP contribution >= 0.6 is 0 Å². The number of rotatable bonds is 5. The maximum absolute atomic E-state index is 5.46. The molecule has 0 bridgehead atoms. The van der Waals surface area contributed by atoms with E-state index in [0.717, 1.165) is 24.2 Å². The molecule has 0 saturated carbocycles. The molecule has 0 saturated heterocycles. The lowest BCUT2D eigenvalue weighted by atomic mass is 10.2. The van der Waals surface area contributed by atoms with Gasteiger partial charge in [-0.3, -0.25) is 0 Å². The van der Waals surface area contributed by atoms with Gasteiger partial charge in [-0.2, -0.15) is 0 Å². The van der Waals surface area contributed by atoms with Crippen LogP contribution < -0.4 is 5.73 Å². The van der Waals surface area contributed by atoms with Gasteiger partial charge in [-0.1, -0.05) is 13.3 Å². The highest BCUT2D eigenvalue weighted by atomic mass is 16.5. The number of aromatic nitrogens is 2. The van der Waals surface area contributed by atoms with Gasteiger partial charge in [0.15, 0.2) is 5.82 Å². The predicted molar refractivity (Wildman–Crippen MR) is 54.6 cm³/mol. The van der Waals surface area contributed by atoms with Gasteiger partial charge in [-0.25, -0.2) is 9.97 Å². The lowest BCUT2D eigenvalue weighted by Gasteiger charge is -2.12. The highest BCUT2D eigenvalue weighted by Gasteiger charge is 2.11. The molecule has 0 amide bonds. The van der Waals surface area contributed by atoms with E-state index < -0.39 is 0 Å². The van der Waals surface area contributed by atoms with E-state index in [2.05, 4.69) is 16.9 Å². The predicted octanol–water partition coefficient (Wildman–Crippen LogP) is 1.42. The number of hydrogen-bond acceptors (Lipinski definition) is 4. The summed E-state index contributed by atoms with van der Waals surface area (Å²) in [6.45, 7) is 2.59. The molecule has 0 aliphatic heterocycles. The summed E-state index contributed by atoms with van der Waals surface area (Å²) in [6.07, 6.45) is 5.51. The minimum absolute atomic E-state index is 0.00632. The van der Waals surface area contributed by atoms with E-state index in [1.807, 2.05) is 0 Å². The molecule has 78 valence electrons. The molecule has 4 nitrogen and oxygen atoms in total. The van der Waals surface area contributed by atoms with Crippen LogP contribution in [0.25, 0.3) is 0 Å². The summed E-state index contributed by atoms with van der Waals surface area (Å²) in [6, 6.07) is 0. The Kier molecular flexibility index (Phi) is 4.49. The van der Waals surface area contributed by atoms with Crippen molar-refractivity contribution in [2.75, 3.05) is 7.11 Å². The summed E-state index contributed by atoms with van der Waals surface area (Å²) in [4.78, 5) is 8.45. The number of hydrogen-bond donors (Lipinski definition) is 1. The molecule has 0 fully saturated rings. The smallest absolute Gasteiger partial charge is 0.157 e. The van der Waals surface area contributed by atoms with Crippen LogP contribution in [0.5, 0.6) is 0 Å². The fraction of sp³-hybridized carbons (Fsp3) is 0.600. The minimum atomic E-state index is 0.00632. The molecule has 1 aromatic heterocycles. The molecule has 1 rings (SSSR count). The van der Waals surface area contributed by atoms with Crippen molar-refractivity contribution in [2.24, 2.45) is 5.73 Å². The third-order valence-electron chi connectivity index (χ3n) is 2.08. The van der Waals surface area contributed by atoms with Gasteiger partial charge in [-0.15, -0.1) is 0 Å². The van der Waals surface area contributed by atoms with E-state index >= 15 is 0 Å². The molecule has 0 aliphatic carbocycles. The second kappa shape index (κ2) is 5.67. The SMILES string of the molecule is CCCC(OC)c1ncc(CN)cn1. The maximum Gasteiger partial charge on any atom is 0.157 e. The summed E-state index contributed by atoms with van der Waals surface area (Å²) in [5.41, 5.74) is 6.40. The molecule has 14 heavy (non-hydrogen) atoms. The number of methoxy groups -OCH3 is 1. The molecule has 0 spiro atoms. The van der Waals surface area contributed by atoms with Gasteiger partial charge in [0, 0.05) is 31.6 Å². The van der Waals surface area contributed by atoms with Crippen molar-refractivity contribution in [3.63, 3.8) is 0 Å². The largest absolute Gasteiger partial charge is 0.373 e. The minimum Gasteiger partial charge on any atom is -0.373 e. The fourth-order valence-electron chi connectivity index (χ4n) is 1.25. The Morgan fingerprint density at radius 1 is 1.43 bits per heavy atom. The van der Waals surface area contributed by atoms with Crippen molar-refractivity contribution in [2.45, 2.75) is 32.4 Å². The second-order valence-electron chi connectivity index (χ2n) is 3.17. The average molecular weight is 195 g/mol. The van der Waals surface area contributed by atoms with Crippen LogP contribution in [-0.4, -0.2) is 17.1 Å². The van der Waals surface area contributed by atoms with Crippen LogP contribution in [0.1, 0.15) is 37.3 Å². The zero-order valence-corrected chi connectivity index (χ0v) is 8.73. The topological polar surface area (TPSA) is 61.0 Å². The van der Waals surface area contributed by atoms with E-state index in [4.69, 9.17) is 10.5 Å². The van der Waals surface area contributed by atoms with Gasteiger partial charge >= 0.3 is 0 Å². The average Bonchev–Trinajstić information content (AvgIpc) is 2.26. The quantitative estimate of drug-likeness (QED) is 0.772. The Bertz CT molecular complexity index is 261. The second-order valence-corrected chi connectivity index (χ2v) is 3.17. The number of nitrogens with zero attached hydrogens (tertiary/aromatic N) is 2. The Morgan fingerprint density at radius 2 is 2.07 bits per heavy atom. The third-order valence-corrected chi connectivity index (χ3v) is 2.08. The molecule has 1 heterocycles. The Balaban J connectivity index is 2.73. The number of ether oxygens (including phenoxy) is 1. The van der Waals surface area contributed by atoms with Crippen molar-refractivity contribution in [1.29, 1.82) is 0 Å². The highest BCUT2D eigenvalue weighted by Crippen LogP contribution is 2.17. The zero-order valence-electron chi connectivity index (χ0n) is 8.73. The van der Waals surface area contributed by atoms with Crippen molar-refractivity contribution < 1.29 is 4.74 Å². The molecule has 4 heteroatoms. The lowest BCUT2D eigenvalue weighted by molar-refractivity contribution is 0.0875. The Labute approximate surface area is 84.5 Å². The first-order valence-corrected chi connectivity index (χ1v) is 4.85. The fourth-order valence-corrected chi connectivity index (χ4v) is 1.25. The monoisotopic (exact) mass is 195 g/mol. The Hall–Kier alpha value is -1.00. The molecular formula is C10H17N3O. The summed E-state index contributed by atoms with van der Waals surface area (Å²) >= 11 is 0. The van der Waals surface area contributed by atoms with Crippen LogP contribution in [0.15, 0.2) is 12.4 Å². The van der Waals surface area contributed by atoms with Gasteiger partial charge in [0.1, 0.15) is 6.10 Å². The standard InChI is InChI=1S/C10H17N3O/c1-3-4-9(14-2)10-12-6-8(5-11)7-13-10/h6-7,9H,3-5,11H2,1-2H3. The summed E-state index contributed by atoms with van der Waals surface area (Å²) < 4.78 is 5.29. The highest BCUT2D eigenvalue weighted by molar-refractivity contribution is 5.05. The first-order chi connectivity index (χ1) is 6.81. The molecule has 0 aromatic carbocycles. The van der Waals surface area contributed by atoms with E-state index in [-0.39, 0.29) is 6.10 Å². The molecular weight excluding hydrogens is 178 g/mol. The molecule has 2 N–H and O–H groups in total. The van der Waals surface area contributed by atoms with Gasteiger partial charge in [0.05, 0.1) is 0 Å². The van der Waals surface area contributed by atoms with Gasteiger partial charge < -0.3 is 10.5 Å². The number of nitrogens with two attached hydrogens (primary N) is 1. The molecule has 1 aromatic rings. The van der Waals surface area contributed by atoms with E-state index in [0.29, 0.717) is 6.54 Å². The molecule has 1 unspecified atom stereocenters. The van der Waals surface area contributed by atoms with E-state index in [9.17, 15) is 0 Å². The van der Waals surface area contributed by atoms with Crippen LogP contribution in [0.3, 0.4) is 0 Å². The van der Waals surface area contributed by atoms with Crippen molar-refractivity contribution in [3.8, 4) is 0 Å². The lowest BCUT2D eigenvalue weighted by Crippen LogP contribution is -2.07. The molecule has 1 atom stereocenters. The third kappa shape index (κ3) is 2.75. The van der Waals surface area contributed by atoms with Gasteiger partial charge in [0.25, 0.3) is 0 Å². The summed E-state index contributed by atoms with van der Waals surface area (Å²) in [5, 5.41) is 0. The Morgan fingerprint density at radius 3 is 2.50 bits per heavy atom. The van der Waals surface area contributed by atoms with Crippen molar-refractivity contribution >= 4 is 0 Å². The van der Waals surface area contributed by atoms with Gasteiger partial charge in [-0.05, 0) is 6.42 Å². The van der Waals surface area contributed by atoms with Crippen LogP contribution in [0.4, 0.5) is 0 Å². The van der Waals surface area contributed by atoms with Gasteiger partial charge in [0.2, 0.25) is 0 Å². The van der Waals surface area contributed by atoms with E-state index in [1.54, 1.807) is 19.5 Å². The molecule has 0 radical (unpaired) electrons. The van der Waals surface area contributed by atoms with Crippen molar-refractivity contribution in [3.05, 3.63) is 23.8 Å². The van der Waals surface area contributed by atoms with Crippen LogP contribution in [0.2, 0.25) is 0 Å². The normalized spacial score (nSPS) is 12.8. The first-order valence-electron chi connectivity index (χ1n) is 4.85.